The molecular weight excluding hydrogens is 407 g/mol. The summed E-state index contributed by atoms with van der Waals surface area (Å²) in [5.74, 6) is -0.719. The van der Waals surface area contributed by atoms with E-state index in [2.05, 4.69) is 15.0 Å². The van der Waals surface area contributed by atoms with Gasteiger partial charge in [0.05, 0.1) is 0 Å². The van der Waals surface area contributed by atoms with Crippen LogP contribution in [0, 0.1) is 6.92 Å². The number of rotatable bonds is 4. The van der Waals surface area contributed by atoms with Crippen LogP contribution in [0.25, 0.3) is 0 Å². The first-order valence-corrected chi connectivity index (χ1v) is 9.10. The minimum atomic E-state index is -4.72. The fraction of sp³-hybridized carbons (Fsp3) is 0.400. The molecule has 0 bridgehead atoms. The molecule has 1 unspecified atom stereocenters. The summed E-state index contributed by atoms with van der Waals surface area (Å²) in [7, 11) is 0. The molecule has 29 heavy (non-hydrogen) atoms. The number of carbonyl (C=O) groups is 1. The minimum absolute atomic E-state index is 0.144. The Morgan fingerprint density at radius 1 is 1.21 bits per heavy atom. The lowest BCUT2D eigenvalue weighted by atomic mass is 10.0. The molecule has 160 valence electrons. The number of pyridine rings is 1. The topological polar surface area (TPSA) is 77.2 Å². The van der Waals surface area contributed by atoms with Crippen molar-refractivity contribution in [2.24, 2.45) is 5.73 Å². The van der Waals surface area contributed by atoms with Gasteiger partial charge in [0.1, 0.15) is 5.75 Å². The fourth-order valence-electron chi connectivity index (χ4n) is 2.46. The highest BCUT2D eigenvalue weighted by Crippen LogP contribution is 2.29. The van der Waals surface area contributed by atoms with Crippen LogP contribution < -0.4 is 15.8 Å². The molecule has 1 aromatic heterocycles. The standard InChI is InChI=1S/C13H17ClF3NO.C7H8N2O/c1-8(18-12(2,3)4)9-5-10(14)7-11(6-9)19-13(15,16)17;1-5-4-6(7(8)10)2-3-9-5/h5-8,18H,1-4H3;2-4H,1H3,(H2,8,10). The van der Waals surface area contributed by atoms with Crippen molar-refractivity contribution in [1.82, 2.24) is 10.3 Å². The van der Waals surface area contributed by atoms with Gasteiger partial charge in [-0.25, -0.2) is 0 Å². The van der Waals surface area contributed by atoms with Crippen LogP contribution in [-0.2, 0) is 0 Å². The Kier molecular flexibility index (Phi) is 8.47. The van der Waals surface area contributed by atoms with Gasteiger partial charge in [0.15, 0.2) is 0 Å². The summed E-state index contributed by atoms with van der Waals surface area (Å²) in [5, 5.41) is 3.46. The van der Waals surface area contributed by atoms with Gasteiger partial charge >= 0.3 is 6.36 Å². The molecule has 0 aliphatic carbocycles. The van der Waals surface area contributed by atoms with Crippen molar-refractivity contribution in [2.45, 2.75) is 52.6 Å². The molecule has 0 fully saturated rings. The number of aromatic nitrogens is 1. The van der Waals surface area contributed by atoms with E-state index in [0.717, 1.165) is 11.8 Å². The molecule has 0 spiro atoms. The Morgan fingerprint density at radius 3 is 2.28 bits per heavy atom. The number of primary amides is 1. The van der Waals surface area contributed by atoms with Gasteiger partial charge in [-0.3, -0.25) is 9.78 Å². The quantitative estimate of drug-likeness (QED) is 0.699. The van der Waals surface area contributed by atoms with E-state index in [1.807, 2.05) is 34.6 Å². The van der Waals surface area contributed by atoms with Crippen molar-refractivity contribution in [3.05, 3.63) is 58.4 Å². The number of aryl methyl sites for hydroxylation is 1. The van der Waals surface area contributed by atoms with Gasteiger partial charge in [-0.2, -0.15) is 0 Å². The van der Waals surface area contributed by atoms with E-state index in [4.69, 9.17) is 17.3 Å². The van der Waals surface area contributed by atoms with Gasteiger partial charge in [0.25, 0.3) is 0 Å². The van der Waals surface area contributed by atoms with Crippen molar-refractivity contribution in [3.8, 4) is 5.75 Å². The van der Waals surface area contributed by atoms with Gasteiger partial charge < -0.3 is 15.8 Å². The molecule has 0 aliphatic heterocycles. The second-order valence-corrected chi connectivity index (χ2v) is 7.87. The highest BCUT2D eigenvalue weighted by Gasteiger charge is 2.31. The van der Waals surface area contributed by atoms with Crippen LogP contribution in [-0.4, -0.2) is 22.8 Å². The molecule has 2 aromatic rings. The lowest BCUT2D eigenvalue weighted by molar-refractivity contribution is -0.274. The highest BCUT2D eigenvalue weighted by atomic mass is 35.5. The first kappa shape index (κ1) is 24.7. The average Bonchev–Trinajstić information content (AvgIpc) is 2.51. The second-order valence-electron chi connectivity index (χ2n) is 7.43. The summed E-state index contributed by atoms with van der Waals surface area (Å²) in [6, 6.07) is 7.20. The third-order valence-electron chi connectivity index (χ3n) is 3.46. The maximum atomic E-state index is 12.2. The van der Waals surface area contributed by atoms with E-state index >= 15 is 0 Å². The number of hydrogen-bond acceptors (Lipinski definition) is 4. The third-order valence-corrected chi connectivity index (χ3v) is 3.68. The number of carbonyl (C=O) groups excluding carboxylic acids is 1. The second kappa shape index (κ2) is 9.93. The largest absolute Gasteiger partial charge is 0.573 e. The molecule has 1 atom stereocenters. The zero-order chi connectivity index (χ0) is 22.4. The third kappa shape index (κ3) is 10.1. The SMILES string of the molecule is CC(NC(C)(C)C)c1cc(Cl)cc(OC(F)(F)F)c1.Cc1cc(C(N)=O)ccn1. The molecule has 0 radical (unpaired) electrons. The van der Waals surface area contributed by atoms with Gasteiger partial charge in [-0.1, -0.05) is 11.6 Å². The predicted molar refractivity (Wildman–Crippen MR) is 107 cm³/mol. The van der Waals surface area contributed by atoms with Crippen LogP contribution in [0.1, 0.15) is 55.4 Å². The van der Waals surface area contributed by atoms with E-state index in [1.54, 1.807) is 24.4 Å². The number of hydrogen-bond donors (Lipinski definition) is 2. The molecule has 9 heteroatoms. The number of alkyl halides is 3. The molecule has 1 aromatic carbocycles. The molecule has 3 N–H and O–H groups in total. The zero-order valence-corrected chi connectivity index (χ0v) is 17.7. The molecular formula is C20H25ClF3N3O2. The monoisotopic (exact) mass is 431 g/mol. The molecule has 0 aliphatic rings. The maximum absolute atomic E-state index is 12.2. The zero-order valence-electron chi connectivity index (χ0n) is 16.9. The molecule has 0 saturated heterocycles. The predicted octanol–water partition coefficient (Wildman–Crippen LogP) is 5.18. The highest BCUT2D eigenvalue weighted by molar-refractivity contribution is 6.30. The van der Waals surface area contributed by atoms with Crippen molar-refractivity contribution in [1.29, 1.82) is 0 Å². The van der Waals surface area contributed by atoms with E-state index in [0.29, 0.717) is 11.1 Å². The van der Waals surface area contributed by atoms with Gasteiger partial charge in [-0.05, 0) is 70.5 Å². The Labute approximate surface area is 173 Å². The lowest BCUT2D eigenvalue weighted by Crippen LogP contribution is -2.37. The molecule has 1 amide bonds. The molecule has 5 nitrogen and oxygen atoms in total. The summed E-state index contributed by atoms with van der Waals surface area (Å²) in [4.78, 5) is 14.5. The van der Waals surface area contributed by atoms with E-state index in [1.165, 1.54) is 6.07 Å². The van der Waals surface area contributed by atoms with Crippen LogP contribution in [0.4, 0.5) is 13.2 Å². The van der Waals surface area contributed by atoms with Crippen LogP contribution in [0.5, 0.6) is 5.75 Å². The molecule has 2 rings (SSSR count). The lowest BCUT2D eigenvalue weighted by Gasteiger charge is -2.26. The number of nitrogens with zero attached hydrogens (tertiary/aromatic N) is 1. The van der Waals surface area contributed by atoms with Crippen molar-refractivity contribution in [3.63, 3.8) is 0 Å². The van der Waals surface area contributed by atoms with Crippen LogP contribution in [0.15, 0.2) is 36.5 Å². The number of benzene rings is 1. The van der Waals surface area contributed by atoms with E-state index in [-0.39, 0.29) is 22.4 Å². The normalized spacial score (nSPS) is 12.6. The van der Waals surface area contributed by atoms with Crippen LogP contribution in [0.2, 0.25) is 5.02 Å². The number of ether oxygens (including phenoxy) is 1. The maximum Gasteiger partial charge on any atom is 0.573 e. The Morgan fingerprint density at radius 2 is 1.83 bits per heavy atom. The minimum Gasteiger partial charge on any atom is -0.406 e. The van der Waals surface area contributed by atoms with Gasteiger partial charge in [-0.15, -0.1) is 13.2 Å². The van der Waals surface area contributed by atoms with Crippen molar-refractivity contribution in [2.75, 3.05) is 0 Å². The first-order valence-electron chi connectivity index (χ1n) is 8.72. The molecule has 1 heterocycles. The van der Waals surface area contributed by atoms with E-state index in [9.17, 15) is 18.0 Å². The summed E-state index contributed by atoms with van der Waals surface area (Å²) >= 11 is 5.82. The van der Waals surface area contributed by atoms with Crippen molar-refractivity contribution < 1.29 is 22.7 Å². The number of nitrogens with two attached hydrogens (primary N) is 1. The van der Waals surface area contributed by atoms with E-state index < -0.39 is 12.3 Å². The fourth-order valence-corrected chi connectivity index (χ4v) is 2.69. The molecule has 0 saturated carbocycles. The Bertz CT molecular complexity index is 836. The summed E-state index contributed by atoms with van der Waals surface area (Å²) in [6.45, 7) is 9.59. The number of nitrogens with one attached hydrogen (secondary N) is 1. The summed E-state index contributed by atoms with van der Waals surface area (Å²) < 4.78 is 40.5. The summed E-state index contributed by atoms with van der Waals surface area (Å²) in [5.41, 5.74) is 6.81. The summed E-state index contributed by atoms with van der Waals surface area (Å²) in [6.07, 6.45) is -3.15. The van der Waals surface area contributed by atoms with Crippen LogP contribution >= 0.6 is 11.6 Å². The number of halogens is 4. The Balaban J connectivity index is 0.000000352. The Hall–Kier alpha value is -2.32. The van der Waals surface area contributed by atoms with Crippen LogP contribution in [0.3, 0.4) is 0 Å². The number of amides is 1. The first-order chi connectivity index (χ1) is 13.2. The van der Waals surface area contributed by atoms with Gasteiger partial charge in [0.2, 0.25) is 5.91 Å². The average molecular weight is 432 g/mol. The van der Waals surface area contributed by atoms with Gasteiger partial charge in [0, 0.05) is 34.1 Å². The smallest absolute Gasteiger partial charge is 0.406 e. The van der Waals surface area contributed by atoms with Crippen molar-refractivity contribution >= 4 is 17.5 Å².